The standard InChI is InChI=1S/C16H25N3O2/c1-4-19(11-13-8-6-5-7-9-13)14(20)10-18-16(21)15(17)12(2)3/h5-9,12,15H,4,10-11,17H2,1-3H3,(H,18,21)/t15-/m0/s1. The van der Waals surface area contributed by atoms with E-state index in [0.29, 0.717) is 13.1 Å². The van der Waals surface area contributed by atoms with Crippen LogP contribution in [0.5, 0.6) is 0 Å². The van der Waals surface area contributed by atoms with Crippen molar-refractivity contribution in [2.45, 2.75) is 33.4 Å². The second-order valence-electron chi connectivity index (χ2n) is 5.38. The lowest BCUT2D eigenvalue weighted by Crippen LogP contribution is -2.47. The van der Waals surface area contributed by atoms with Crippen LogP contribution in [-0.2, 0) is 16.1 Å². The van der Waals surface area contributed by atoms with Crippen molar-refractivity contribution < 1.29 is 9.59 Å². The zero-order chi connectivity index (χ0) is 15.8. The van der Waals surface area contributed by atoms with Crippen molar-refractivity contribution >= 4 is 11.8 Å². The molecule has 0 spiro atoms. The molecular formula is C16H25N3O2. The fraction of sp³-hybridized carbons (Fsp3) is 0.500. The Balaban J connectivity index is 2.50. The number of nitrogens with two attached hydrogens (primary N) is 1. The molecule has 0 saturated carbocycles. The van der Waals surface area contributed by atoms with Crippen LogP contribution in [0.25, 0.3) is 0 Å². The molecule has 0 aliphatic carbocycles. The Morgan fingerprint density at radius 3 is 2.38 bits per heavy atom. The Morgan fingerprint density at radius 1 is 1.24 bits per heavy atom. The van der Waals surface area contributed by atoms with E-state index in [9.17, 15) is 9.59 Å². The van der Waals surface area contributed by atoms with E-state index in [4.69, 9.17) is 5.73 Å². The summed E-state index contributed by atoms with van der Waals surface area (Å²) in [4.78, 5) is 25.6. The Hall–Kier alpha value is -1.88. The van der Waals surface area contributed by atoms with Gasteiger partial charge in [0.2, 0.25) is 11.8 Å². The van der Waals surface area contributed by atoms with Crippen LogP contribution in [0.1, 0.15) is 26.3 Å². The Bertz CT molecular complexity index is 460. The summed E-state index contributed by atoms with van der Waals surface area (Å²) in [6.45, 7) is 6.80. The van der Waals surface area contributed by atoms with Crippen LogP contribution in [0.4, 0.5) is 0 Å². The number of rotatable bonds is 7. The van der Waals surface area contributed by atoms with E-state index in [2.05, 4.69) is 5.32 Å². The minimum Gasteiger partial charge on any atom is -0.346 e. The quantitative estimate of drug-likeness (QED) is 0.791. The van der Waals surface area contributed by atoms with E-state index in [1.807, 2.05) is 51.1 Å². The topological polar surface area (TPSA) is 75.4 Å². The average molecular weight is 291 g/mol. The molecule has 1 aromatic carbocycles. The monoisotopic (exact) mass is 291 g/mol. The van der Waals surface area contributed by atoms with Crippen molar-refractivity contribution in [2.24, 2.45) is 11.7 Å². The first-order chi connectivity index (χ1) is 9.95. The third kappa shape index (κ3) is 5.55. The molecule has 0 aliphatic rings. The summed E-state index contributed by atoms with van der Waals surface area (Å²) < 4.78 is 0. The number of hydrogen-bond acceptors (Lipinski definition) is 3. The molecule has 116 valence electrons. The van der Waals surface area contributed by atoms with Crippen LogP contribution in [0.15, 0.2) is 30.3 Å². The van der Waals surface area contributed by atoms with Crippen molar-refractivity contribution in [3.05, 3.63) is 35.9 Å². The molecule has 1 atom stereocenters. The van der Waals surface area contributed by atoms with Crippen LogP contribution in [-0.4, -0.2) is 35.8 Å². The van der Waals surface area contributed by atoms with E-state index in [1.165, 1.54) is 0 Å². The fourth-order valence-electron chi connectivity index (χ4n) is 1.88. The molecule has 0 unspecified atom stereocenters. The van der Waals surface area contributed by atoms with Crippen molar-refractivity contribution in [1.82, 2.24) is 10.2 Å². The molecule has 0 fully saturated rings. The highest BCUT2D eigenvalue weighted by Crippen LogP contribution is 2.04. The number of carbonyl (C=O) groups is 2. The highest BCUT2D eigenvalue weighted by molar-refractivity contribution is 5.87. The summed E-state index contributed by atoms with van der Waals surface area (Å²) in [5.41, 5.74) is 6.81. The largest absolute Gasteiger partial charge is 0.346 e. The van der Waals surface area contributed by atoms with Gasteiger partial charge in [-0.15, -0.1) is 0 Å². The van der Waals surface area contributed by atoms with Gasteiger partial charge in [0, 0.05) is 13.1 Å². The highest BCUT2D eigenvalue weighted by atomic mass is 16.2. The molecule has 5 nitrogen and oxygen atoms in total. The summed E-state index contributed by atoms with van der Waals surface area (Å²) in [6.07, 6.45) is 0. The minimum absolute atomic E-state index is 0.0140. The number of benzene rings is 1. The van der Waals surface area contributed by atoms with Gasteiger partial charge >= 0.3 is 0 Å². The lowest BCUT2D eigenvalue weighted by molar-refractivity contribution is -0.133. The molecule has 0 aliphatic heterocycles. The van der Waals surface area contributed by atoms with Gasteiger partial charge in [-0.05, 0) is 18.4 Å². The fourth-order valence-corrected chi connectivity index (χ4v) is 1.88. The van der Waals surface area contributed by atoms with Crippen molar-refractivity contribution in [3.8, 4) is 0 Å². The highest BCUT2D eigenvalue weighted by Gasteiger charge is 2.19. The molecule has 21 heavy (non-hydrogen) atoms. The van der Waals surface area contributed by atoms with Crippen LogP contribution in [0.2, 0.25) is 0 Å². The summed E-state index contributed by atoms with van der Waals surface area (Å²) in [7, 11) is 0. The maximum atomic E-state index is 12.1. The van der Waals surface area contributed by atoms with Gasteiger partial charge in [-0.2, -0.15) is 0 Å². The van der Waals surface area contributed by atoms with Crippen LogP contribution in [0.3, 0.4) is 0 Å². The van der Waals surface area contributed by atoms with Gasteiger partial charge in [-0.25, -0.2) is 0 Å². The first-order valence-electron chi connectivity index (χ1n) is 7.30. The molecule has 0 bridgehead atoms. The molecule has 2 amide bonds. The zero-order valence-corrected chi connectivity index (χ0v) is 13.0. The molecular weight excluding hydrogens is 266 g/mol. The van der Waals surface area contributed by atoms with Gasteiger partial charge in [-0.1, -0.05) is 44.2 Å². The van der Waals surface area contributed by atoms with Crippen molar-refractivity contribution in [1.29, 1.82) is 0 Å². The van der Waals surface area contributed by atoms with E-state index in [-0.39, 0.29) is 24.3 Å². The first kappa shape index (κ1) is 17.2. The maximum Gasteiger partial charge on any atom is 0.242 e. The number of amides is 2. The van der Waals surface area contributed by atoms with Gasteiger partial charge in [0.1, 0.15) is 0 Å². The summed E-state index contributed by atoms with van der Waals surface area (Å²) >= 11 is 0. The molecule has 0 heterocycles. The normalized spacial score (nSPS) is 12.0. The second-order valence-corrected chi connectivity index (χ2v) is 5.38. The SMILES string of the molecule is CCN(Cc1ccccc1)C(=O)CNC(=O)[C@@H](N)C(C)C. The van der Waals surface area contributed by atoms with E-state index in [0.717, 1.165) is 5.56 Å². The summed E-state index contributed by atoms with van der Waals surface area (Å²) in [5, 5.41) is 2.61. The van der Waals surface area contributed by atoms with Gasteiger partial charge in [-0.3, -0.25) is 9.59 Å². The molecule has 0 saturated heterocycles. The van der Waals surface area contributed by atoms with Gasteiger partial charge in [0.25, 0.3) is 0 Å². The number of carbonyl (C=O) groups excluding carboxylic acids is 2. The minimum atomic E-state index is -0.581. The Morgan fingerprint density at radius 2 is 1.86 bits per heavy atom. The number of hydrogen-bond donors (Lipinski definition) is 2. The first-order valence-corrected chi connectivity index (χ1v) is 7.30. The van der Waals surface area contributed by atoms with Gasteiger partial charge < -0.3 is 16.0 Å². The summed E-state index contributed by atoms with van der Waals surface area (Å²) in [6, 6.07) is 9.19. The zero-order valence-electron chi connectivity index (χ0n) is 13.0. The number of likely N-dealkylation sites (N-methyl/N-ethyl adjacent to an activating group) is 1. The maximum absolute atomic E-state index is 12.1. The smallest absolute Gasteiger partial charge is 0.242 e. The third-order valence-electron chi connectivity index (χ3n) is 3.39. The molecule has 0 aromatic heterocycles. The van der Waals surface area contributed by atoms with E-state index in [1.54, 1.807) is 4.90 Å². The summed E-state index contributed by atoms with van der Waals surface area (Å²) in [5.74, 6) is -0.341. The second kappa shape index (κ2) is 8.42. The predicted octanol–water partition coefficient (Wildman–Crippen LogP) is 1.13. The van der Waals surface area contributed by atoms with Crippen LogP contribution >= 0.6 is 0 Å². The molecule has 5 heteroatoms. The predicted molar refractivity (Wildman–Crippen MR) is 83.4 cm³/mol. The lowest BCUT2D eigenvalue weighted by Gasteiger charge is -2.22. The van der Waals surface area contributed by atoms with E-state index >= 15 is 0 Å². The van der Waals surface area contributed by atoms with Crippen LogP contribution in [0, 0.1) is 5.92 Å². The Labute approximate surface area is 126 Å². The van der Waals surface area contributed by atoms with E-state index < -0.39 is 6.04 Å². The number of nitrogens with zero attached hydrogens (tertiary/aromatic N) is 1. The van der Waals surface area contributed by atoms with Crippen LogP contribution < -0.4 is 11.1 Å². The molecule has 1 aromatic rings. The third-order valence-corrected chi connectivity index (χ3v) is 3.39. The number of nitrogens with one attached hydrogen (secondary N) is 1. The molecule has 1 rings (SSSR count). The lowest BCUT2D eigenvalue weighted by atomic mass is 10.1. The van der Waals surface area contributed by atoms with Gasteiger partial charge in [0.15, 0.2) is 0 Å². The average Bonchev–Trinajstić information content (AvgIpc) is 2.49. The van der Waals surface area contributed by atoms with Gasteiger partial charge in [0.05, 0.1) is 12.6 Å². The van der Waals surface area contributed by atoms with Crippen molar-refractivity contribution in [2.75, 3.05) is 13.1 Å². The van der Waals surface area contributed by atoms with Crippen molar-refractivity contribution in [3.63, 3.8) is 0 Å². The molecule has 0 radical (unpaired) electrons. The Kier molecular flexibility index (Phi) is 6.88. The molecule has 3 N–H and O–H groups in total.